The normalized spacial score (nSPS) is 19.0. The van der Waals surface area contributed by atoms with Crippen LogP contribution in [0.25, 0.3) is 0 Å². The number of nitrogen functional groups attached to an aromatic ring is 1. The van der Waals surface area contributed by atoms with Crippen molar-refractivity contribution >= 4 is 63.3 Å². The first-order valence-corrected chi connectivity index (χ1v) is 17.7. The second-order valence-corrected chi connectivity index (χ2v) is 14.1. The highest BCUT2D eigenvalue weighted by Gasteiger charge is 2.55. The van der Waals surface area contributed by atoms with E-state index in [-0.39, 0.29) is 40.4 Å². The van der Waals surface area contributed by atoms with Gasteiger partial charge in [-0.2, -0.15) is 0 Å². The van der Waals surface area contributed by atoms with Crippen molar-refractivity contribution < 1.29 is 28.7 Å². The number of fused-ring (bicyclic) bond motifs is 1. The van der Waals surface area contributed by atoms with Gasteiger partial charge in [0.25, 0.3) is 11.8 Å². The number of thiazole rings is 1. The average molecular weight is 704 g/mol. The molecule has 2 aromatic heterocycles. The Kier molecular flexibility index (Phi) is 9.36. The fourth-order valence-corrected chi connectivity index (χ4v) is 7.19. The summed E-state index contributed by atoms with van der Waals surface area (Å²) in [5, 5.41) is 12.5. The van der Waals surface area contributed by atoms with Crippen LogP contribution in [-0.4, -0.2) is 74.0 Å². The fraction of sp³-hybridized carbons (Fsp3) is 0.281. The van der Waals surface area contributed by atoms with Crippen LogP contribution in [0.4, 0.5) is 5.13 Å². The van der Waals surface area contributed by atoms with Crippen LogP contribution in [0.3, 0.4) is 0 Å². The van der Waals surface area contributed by atoms with Gasteiger partial charge in [0.05, 0.1) is 11.9 Å². The first-order chi connectivity index (χ1) is 23.5. The fourth-order valence-electron chi connectivity index (χ4n) is 5.27. The van der Waals surface area contributed by atoms with Gasteiger partial charge in [0.2, 0.25) is 0 Å². The molecule has 1 saturated carbocycles. The van der Waals surface area contributed by atoms with Crippen molar-refractivity contribution in [1.29, 1.82) is 0 Å². The van der Waals surface area contributed by atoms with E-state index >= 15 is 0 Å². The summed E-state index contributed by atoms with van der Waals surface area (Å²) in [6.45, 7) is 0.421. The van der Waals surface area contributed by atoms with Gasteiger partial charge in [0.15, 0.2) is 22.6 Å². The Morgan fingerprint density at radius 3 is 2.48 bits per heavy atom. The first kappa shape index (κ1) is 31.8. The highest BCUT2D eigenvalue weighted by atomic mass is 32.2. The number of nitrogens with zero attached hydrogens (tertiary/aromatic N) is 5. The number of aromatic nitrogens is 3. The minimum atomic E-state index is -0.996. The molecule has 2 unspecified atom stereocenters. The van der Waals surface area contributed by atoms with Gasteiger partial charge in [0.1, 0.15) is 41.0 Å². The SMILES string of the molecule is Nc1nc(/C(=N/OCC2CC2)C(=O)NC2C(=O)N3C(C(=O)OC(c4ccccc4)c4ccccc4)=C(CSc4cnns4)OCC23)cs1. The molecule has 2 atom stereocenters. The number of anilines is 1. The Hall–Kier alpha value is -4.80. The molecule has 246 valence electrons. The highest BCUT2D eigenvalue weighted by molar-refractivity contribution is 8.01. The minimum Gasteiger partial charge on any atom is -0.492 e. The van der Waals surface area contributed by atoms with E-state index in [0.29, 0.717) is 12.5 Å². The predicted octanol–water partition coefficient (Wildman–Crippen LogP) is 3.77. The Morgan fingerprint density at radius 1 is 1.12 bits per heavy atom. The number of carbonyl (C=O) groups excluding carboxylic acids is 3. The topological polar surface area (TPSA) is 171 Å². The summed E-state index contributed by atoms with van der Waals surface area (Å²) in [5.41, 5.74) is 7.47. The maximum atomic E-state index is 14.1. The molecule has 48 heavy (non-hydrogen) atoms. The monoisotopic (exact) mass is 703 g/mol. The van der Waals surface area contributed by atoms with Crippen molar-refractivity contribution in [3.05, 3.63) is 101 Å². The smallest absolute Gasteiger partial charge is 0.359 e. The third kappa shape index (κ3) is 6.90. The van der Waals surface area contributed by atoms with E-state index in [9.17, 15) is 14.4 Å². The van der Waals surface area contributed by atoms with Crippen LogP contribution in [0.15, 0.2) is 93.1 Å². The van der Waals surface area contributed by atoms with Gasteiger partial charge in [-0.3, -0.25) is 14.5 Å². The van der Waals surface area contributed by atoms with Crippen LogP contribution < -0.4 is 11.1 Å². The van der Waals surface area contributed by atoms with Gasteiger partial charge in [-0.25, -0.2) is 9.78 Å². The van der Waals surface area contributed by atoms with Gasteiger partial charge in [-0.1, -0.05) is 70.3 Å². The van der Waals surface area contributed by atoms with Crippen molar-refractivity contribution in [2.24, 2.45) is 11.1 Å². The number of nitrogens with one attached hydrogen (secondary N) is 1. The van der Waals surface area contributed by atoms with Crippen LogP contribution in [0.5, 0.6) is 0 Å². The number of rotatable bonds is 13. The second-order valence-electron chi connectivity index (χ2n) is 11.2. The quantitative estimate of drug-likeness (QED) is 0.0683. The molecular formula is C32H29N7O6S3. The van der Waals surface area contributed by atoms with Gasteiger partial charge in [-0.05, 0) is 41.4 Å². The second kappa shape index (κ2) is 14.1. The number of ether oxygens (including phenoxy) is 2. The molecule has 2 amide bonds. The van der Waals surface area contributed by atoms with Gasteiger partial charge < -0.3 is 25.4 Å². The third-order valence-electron chi connectivity index (χ3n) is 7.89. The van der Waals surface area contributed by atoms with E-state index in [4.69, 9.17) is 20.0 Å². The van der Waals surface area contributed by atoms with Gasteiger partial charge >= 0.3 is 5.97 Å². The molecule has 4 aromatic rings. The number of hydrogen-bond donors (Lipinski definition) is 2. The predicted molar refractivity (Wildman–Crippen MR) is 179 cm³/mol. The van der Waals surface area contributed by atoms with Crippen molar-refractivity contribution in [2.45, 2.75) is 35.2 Å². The number of benzene rings is 2. The largest absolute Gasteiger partial charge is 0.492 e. The van der Waals surface area contributed by atoms with Crippen LogP contribution in [0.1, 0.15) is 35.8 Å². The lowest BCUT2D eigenvalue weighted by molar-refractivity contribution is -0.163. The highest BCUT2D eigenvalue weighted by Crippen LogP contribution is 2.37. The van der Waals surface area contributed by atoms with Gasteiger partial charge in [0, 0.05) is 5.38 Å². The third-order valence-corrected chi connectivity index (χ3v) is 10.4. The Bertz CT molecular complexity index is 1810. The number of amides is 2. The Labute approximate surface area is 287 Å². The number of oxime groups is 1. The summed E-state index contributed by atoms with van der Waals surface area (Å²) in [6.07, 6.45) is 2.96. The molecule has 13 nitrogen and oxygen atoms in total. The molecule has 4 heterocycles. The zero-order chi connectivity index (χ0) is 33.0. The molecule has 2 aliphatic heterocycles. The summed E-state index contributed by atoms with van der Waals surface area (Å²) in [7, 11) is 0. The first-order valence-electron chi connectivity index (χ1n) is 15.1. The molecule has 0 bridgehead atoms. The molecule has 3 aliphatic rings. The lowest BCUT2D eigenvalue weighted by atomic mass is 9.92. The van der Waals surface area contributed by atoms with Crippen molar-refractivity contribution in [3.63, 3.8) is 0 Å². The standard InChI is InChI=1S/C32H29N7O6S3/c33-32-35-21(16-47-32)25(37-44-14-18-11-12-18)29(40)36-26-22-15-43-23(17-46-24-13-34-38-48-24)27(39(22)30(26)41)31(42)45-28(19-7-3-1-4-8-19)20-9-5-2-6-10-20/h1-10,13,16,18,22,26,28H,11-12,14-15,17H2,(H2,33,35)(H,36,40)/b37-25-. The molecule has 1 aliphatic carbocycles. The van der Waals surface area contributed by atoms with E-state index < -0.39 is 36.0 Å². The van der Waals surface area contributed by atoms with Crippen LogP contribution in [0, 0.1) is 5.92 Å². The van der Waals surface area contributed by atoms with Crippen LogP contribution in [0.2, 0.25) is 0 Å². The van der Waals surface area contributed by atoms with E-state index in [1.165, 1.54) is 28.2 Å². The van der Waals surface area contributed by atoms with E-state index in [1.54, 1.807) is 11.6 Å². The molecule has 0 spiro atoms. The van der Waals surface area contributed by atoms with Crippen molar-refractivity contribution in [2.75, 3.05) is 24.7 Å². The Morgan fingerprint density at radius 2 is 1.85 bits per heavy atom. The minimum absolute atomic E-state index is 0.0162. The molecule has 1 saturated heterocycles. The zero-order valence-electron chi connectivity index (χ0n) is 25.3. The summed E-state index contributed by atoms with van der Waals surface area (Å²) < 4.78 is 17.0. The summed E-state index contributed by atoms with van der Waals surface area (Å²) in [6, 6.07) is 17.0. The lowest BCUT2D eigenvalue weighted by Gasteiger charge is -2.49. The van der Waals surface area contributed by atoms with Crippen LogP contribution >= 0.6 is 34.6 Å². The van der Waals surface area contributed by atoms with E-state index in [0.717, 1.165) is 39.5 Å². The molecule has 7 rings (SSSR count). The number of thioether (sulfide) groups is 1. The number of hydrogen-bond acceptors (Lipinski definition) is 14. The average Bonchev–Trinajstić information content (AvgIpc) is 3.59. The van der Waals surface area contributed by atoms with E-state index in [2.05, 4.69) is 25.0 Å². The summed E-state index contributed by atoms with van der Waals surface area (Å²) in [5.74, 6) is -0.966. The maximum Gasteiger partial charge on any atom is 0.359 e. The maximum absolute atomic E-state index is 14.1. The molecular weight excluding hydrogens is 675 g/mol. The number of β-lactam (4-membered cyclic amide) rings is 1. The zero-order valence-corrected chi connectivity index (χ0v) is 27.7. The molecule has 0 radical (unpaired) electrons. The van der Waals surface area contributed by atoms with E-state index in [1.807, 2.05) is 60.7 Å². The molecule has 2 fully saturated rings. The summed E-state index contributed by atoms with van der Waals surface area (Å²) in [4.78, 5) is 52.5. The molecule has 2 aromatic carbocycles. The molecule has 3 N–H and O–H groups in total. The van der Waals surface area contributed by atoms with Gasteiger partial charge in [-0.15, -0.1) is 28.2 Å². The van der Waals surface area contributed by atoms with Crippen LogP contribution in [-0.2, 0) is 28.7 Å². The number of carbonyl (C=O) groups is 3. The van der Waals surface area contributed by atoms with Crippen molar-refractivity contribution in [3.8, 4) is 0 Å². The number of esters is 1. The molecule has 16 heteroatoms. The number of nitrogens with two attached hydrogens (primary N) is 1. The summed E-state index contributed by atoms with van der Waals surface area (Å²) >= 11 is 3.74. The van der Waals surface area contributed by atoms with Crippen molar-refractivity contribution in [1.82, 2.24) is 24.8 Å². The lowest BCUT2D eigenvalue weighted by Crippen LogP contribution is -2.73. The Balaban J connectivity index is 1.14.